The van der Waals surface area contributed by atoms with E-state index in [9.17, 15) is 4.79 Å². The largest absolute Gasteiger partial charge is 0.395 e. The van der Waals surface area contributed by atoms with Gasteiger partial charge in [-0.1, -0.05) is 24.4 Å². The Morgan fingerprint density at radius 3 is 2.78 bits per heavy atom. The number of rotatable bonds is 4. The molecule has 0 atom stereocenters. The highest BCUT2D eigenvalue weighted by atomic mass is 16.5. The lowest BCUT2D eigenvalue weighted by Gasteiger charge is -2.33. The van der Waals surface area contributed by atoms with Crippen molar-refractivity contribution in [3.05, 3.63) is 17.5 Å². The van der Waals surface area contributed by atoms with Gasteiger partial charge >= 0.3 is 0 Å². The lowest BCUT2D eigenvalue weighted by Crippen LogP contribution is -2.43. The number of aliphatic hydroxyl groups is 1. The Bertz CT molecular complexity index is 397. The third kappa shape index (κ3) is 2.90. The molecule has 1 fully saturated rings. The van der Waals surface area contributed by atoms with Crippen LogP contribution in [0, 0.1) is 6.92 Å². The van der Waals surface area contributed by atoms with Gasteiger partial charge in [0.1, 0.15) is 5.76 Å². The first kappa shape index (κ1) is 13.1. The van der Waals surface area contributed by atoms with Gasteiger partial charge in [-0.2, -0.15) is 0 Å². The normalized spacial score (nSPS) is 16.8. The first-order valence-electron chi connectivity index (χ1n) is 6.57. The minimum absolute atomic E-state index is 0.0148. The molecule has 0 unspecified atom stereocenters. The van der Waals surface area contributed by atoms with Gasteiger partial charge in [-0.05, 0) is 19.8 Å². The maximum Gasteiger partial charge on any atom is 0.276 e. The maximum absolute atomic E-state index is 12.3. The number of hydrogen-bond donors (Lipinski definition) is 1. The highest BCUT2D eigenvalue weighted by Crippen LogP contribution is 2.23. The van der Waals surface area contributed by atoms with Gasteiger partial charge in [-0.3, -0.25) is 4.79 Å². The number of carbonyl (C=O) groups is 1. The van der Waals surface area contributed by atoms with Crippen LogP contribution in [-0.2, 0) is 0 Å². The predicted octanol–water partition coefficient (Wildman–Crippen LogP) is 1.75. The third-order valence-corrected chi connectivity index (χ3v) is 3.46. The van der Waals surface area contributed by atoms with Crippen molar-refractivity contribution in [3.8, 4) is 0 Å². The highest BCUT2D eigenvalue weighted by Gasteiger charge is 2.27. The van der Waals surface area contributed by atoms with E-state index in [1.165, 1.54) is 6.42 Å². The molecule has 1 aliphatic rings. The molecule has 2 rings (SSSR count). The van der Waals surface area contributed by atoms with Crippen molar-refractivity contribution in [2.45, 2.75) is 45.1 Å². The van der Waals surface area contributed by atoms with Crippen LogP contribution in [0.3, 0.4) is 0 Å². The van der Waals surface area contributed by atoms with Gasteiger partial charge in [0, 0.05) is 18.7 Å². The second-order valence-electron chi connectivity index (χ2n) is 4.84. The standard InChI is InChI=1S/C13H20N2O3/c1-10-9-12(14-18-10)13(17)15(7-8-16)11-5-3-2-4-6-11/h9,11,16H,2-8H2,1H3. The van der Waals surface area contributed by atoms with Gasteiger partial charge in [0.15, 0.2) is 5.69 Å². The summed E-state index contributed by atoms with van der Waals surface area (Å²) in [5, 5.41) is 12.9. The summed E-state index contributed by atoms with van der Waals surface area (Å²) in [5.41, 5.74) is 0.339. The Balaban J connectivity index is 2.10. The molecule has 1 N–H and O–H groups in total. The predicted molar refractivity (Wildman–Crippen MR) is 66.2 cm³/mol. The van der Waals surface area contributed by atoms with Gasteiger partial charge in [0.05, 0.1) is 6.61 Å². The summed E-state index contributed by atoms with van der Waals surface area (Å²) in [6.07, 6.45) is 5.57. The molecule has 1 saturated carbocycles. The summed E-state index contributed by atoms with van der Waals surface area (Å²) in [4.78, 5) is 14.1. The molecule has 5 nitrogen and oxygen atoms in total. The fourth-order valence-electron chi connectivity index (χ4n) is 2.56. The summed E-state index contributed by atoms with van der Waals surface area (Å²) in [5.74, 6) is 0.499. The Morgan fingerprint density at radius 1 is 1.50 bits per heavy atom. The molecule has 5 heteroatoms. The molecule has 1 aliphatic carbocycles. The van der Waals surface area contributed by atoms with E-state index >= 15 is 0 Å². The zero-order chi connectivity index (χ0) is 13.0. The minimum Gasteiger partial charge on any atom is -0.395 e. The van der Waals surface area contributed by atoms with Crippen molar-refractivity contribution in [1.82, 2.24) is 10.1 Å². The van der Waals surface area contributed by atoms with E-state index in [-0.39, 0.29) is 18.6 Å². The van der Waals surface area contributed by atoms with Crippen molar-refractivity contribution in [2.24, 2.45) is 0 Å². The maximum atomic E-state index is 12.3. The van der Waals surface area contributed by atoms with Crippen LogP contribution >= 0.6 is 0 Å². The summed E-state index contributed by atoms with van der Waals surface area (Å²) < 4.78 is 4.94. The van der Waals surface area contributed by atoms with Crippen molar-refractivity contribution < 1.29 is 14.4 Å². The van der Waals surface area contributed by atoms with Crippen LogP contribution in [0.5, 0.6) is 0 Å². The first-order chi connectivity index (χ1) is 8.72. The number of aryl methyl sites for hydroxylation is 1. The molecule has 18 heavy (non-hydrogen) atoms. The number of carbonyl (C=O) groups excluding carboxylic acids is 1. The van der Waals surface area contributed by atoms with Gasteiger partial charge in [0.2, 0.25) is 0 Å². The minimum atomic E-state index is -0.132. The molecule has 1 aromatic rings. The number of amides is 1. The number of nitrogens with zero attached hydrogens (tertiary/aromatic N) is 2. The van der Waals surface area contributed by atoms with Gasteiger partial charge < -0.3 is 14.5 Å². The lowest BCUT2D eigenvalue weighted by atomic mass is 9.94. The van der Waals surface area contributed by atoms with Crippen LogP contribution in [0.2, 0.25) is 0 Å². The molecule has 1 aromatic heterocycles. The molecule has 0 saturated heterocycles. The summed E-state index contributed by atoms with van der Waals surface area (Å²) in [6, 6.07) is 1.88. The topological polar surface area (TPSA) is 66.6 Å². The average molecular weight is 252 g/mol. The zero-order valence-electron chi connectivity index (χ0n) is 10.8. The number of aromatic nitrogens is 1. The van der Waals surface area contributed by atoms with Gasteiger partial charge in [-0.15, -0.1) is 0 Å². The number of aliphatic hydroxyl groups excluding tert-OH is 1. The molecular formula is C13H20N2O3. The average Bonchev–Trinajstić information content (AvgIpc) is 2.83. The molecule has 0 aliphatic heterocycles. The monoisotopic (exact) mass is 252 g/mol. The van der Waals surface area contributed by atoms with Crippen LogP contribution in [0.25, 0.3) is 0 Å². The summed E-state index contributed by atoms with van der Waals surface area (Å²) in [7, 11) is 0. The molecule has 100 valence electrons. The Morgan fingerprint density at radius 2 is 2.22 bits per heavy atom. The first-order valence-corrected chi connectivity index (χ1v) is 6.57. The van der Waals surface area contributed by atoms with Crippen molar-refractivity contribution in [2.75, 3.05) is 13.2 Å². The van der Waals surface area contributed by atoms with Crippen molar-refractivity contribution in [3.63, 3.8) is 0 Å². The molecule has 0 aromatic carbocycles. The van der Waals surface area contributed by atoms with Crippen LogP contribution in [-0.4, -0.2) is 40.3 Å². The molecule has 1 amide bonds. The van der Waals surface area contributed by atoms with Crippen LogP contribution < -0.4 is 0 Å². The van der Waals surface area contributed by atoms with Crippen LogP contribution in [0.1, 0.15) is 48.4 Å². The summed E-state index contributed by atoms with van der Waals surface area (Å²) >= 11 is 0. The van der Waals surface area contributed by atoms with E-state index in [1.54, 1.807) is 17.9 Å². The van der Waals surface area contributed by atoms with E-state index in [0.717, 1.165) is 25.7 Å². The second-order valence-corrected chi connectivity index (χ2v) is 4.84. The molecule has 1 heterocycles. The Labute approximate surface area is 107 Å². The molecule has 0 bridgehead atoms. The lowest BCUT2D eigenvalue weighted by molar-refractivity contribution is 0.0575. The van der Waals surface area contributed by atoms with E-state index in [4.69, 9.17) is 9.63 Å². The van der Waals surface area contributed by atoms with Crippen molar-refractivity contribution >= 4 is 5.91 Å². The van der Waals surface area contributed by atoms with E-state index < -0.39 is 0 Å². The Hall–Kier alpha value is -1.36. The van der Waals surface area contributed by atoms with Crippen LogP contribution in [0.15, 0.2) is 10.6 Å². The molecule has 0 spiro atoms. The number of hydrogen-bond acceptors (Lipinski definition) is 4. The second kappa shape index (κ2) is 6.00. The van der Waals surface area contributed by atoms with E-state index in [2.05, 4.69) is 5.16 Å². The van der Waals surface area contributed by atoms with Gasteiger partial charge in [0.25, 0.3) is 5.91 Å². The zero-order valence-corrected chi connectivity index (χ0v) is 10.8. The van der Waals surface area contributed by atoms with E-state index in [1.807, 2.05) is 0 Å². The molecular weight excluding hydrogens is 232 g/mol. The SMILES string of the molecule is Cc1cc(C(=O)N(CCO)C2CCCCC2)no1. The Kier molecular flexibility index (Phi) is 4.36. The van der Waals surface area contributed by atoms with E-state index in [0.29, 0.717) is 18.0 Å². The van der Waals surface area contributed by atoms with Crippen molar-refractivity contribution in [1.29, 1.82) is 0 Å². The quantitative estimate of drug-likeness (QED) is 0.886. The fourth-order valence-corrected chi connectivity index (χ4v) is 2.56. The molecule has 0 radical (unpaired) electrons. The van der Waals surface area contributed by atoms with Crippen LogP contribution in [0.4, 0.5) is 0 Å². The summed E-state index contributed by atoms with van der Waals surface area (Å²) in [6.45, 7) is 2.12. The fraction of sp³-hybridized carbons (Fsp3) is 0.692. The smallest absolute Gasteiger partial charge is 0.276 e. The van der Waals surface area contributed by atoms with Gasteiger partial charge in [-0.25, -0.2) is 0 Å². The third-order valence-electron chi connectivity index (χ3n) is 3.46. The highest BCUT2D eigenvalue weighted by molar-refractivity contribution is 5.92.